The molecule has 1 heterocycles. The lowest BCUT2D eigenvalue weighted by Gasteiger charge is -2.34. The fourth-order valence-electron chi connectivity index (χ4n) is 2.61. The van der Waals surface area contributed by atoms with Gasteiger partial charge in [0.1, 0.15) is 5.82 Å². The van der Waals surface area contributed by atoms with Gasteiger partial charge in [-0.2, -0.15) is 13.2 Å². The molecule has 1 aromatic carbocycles. The van der Waals surface area contributed by atoms with Gasteiger partial charge in [-0.15, -0.1) is 11.6 Å². The molecule has 1 saturated heterocycles. The normalized spacial score (nSPS) is 20.2. The molecule has 6 heteroatoms. The van der Waals surface area contributed by atoms with Crippen LogP contribution in [0, 0.1) is 11.7 Å². The predicted octanol–water partition coefficient (Wildman–Crippen LogP) is 4.69. The van der Waals surface area contributed by atoms with Crippen LogP contribution in [0.1, 0.15) is 24.8 Å². The number of rotatable bonds is 3. The molecule has 20 heavy (non-hydrogen) atoms. The summed E-state index contributed by atoms with van der Waals surface area (Å²) < 4.78 is 51.4. The molecule has 0 amide bonds. The van der Waals surface area contributed by atoms with Gasteiger partial charge >= 0.3 is 6.18 Å². The highest BCUT2D eigenvalue weighted by Crippen LogP contribution is 2.33. The van der Waals surface area contributed by atoms with Gasteiger partial charge in [-0.1, -0.05) is 0 Å². The Kier molecular flexibility index (Phi) is 4.78. The summed E-state index contributed by atoms with van der Waals surface area (Å²) in [5.41, 5.74) is -0.703. The summed E-state index contributed by atoms with van der Waals surface area (Å²) >= 11 is 5.71. The molecule has 1 aliphatic heterocycles. The monoisotopic (exact) mass is 309 g/mol. The van der Waals surface area contributed by atoms with Crippen LogP contribution in [0.15, 0.2) is 18.2 Å². The molecule has 1 aliphatic rings. The second-order valence-electron chi connectivity index (χ2n) is 5.10. The van der Waals surface area contributed by atoms with Crippen molar-refractivity contribution in [3.8, 4) is 0 Å². The molecule has 0 N–H and O–H groups in total. The van der Waals surface area contributed by atoms with Gasteiger partial charge in [0.2, 0.25) is 0 Å². The quantitative estimate of drug-likeness (QED) is 0.578. The minimum atomic E-state index is -4.51. The molecule has 0 aliphatic carbocycles. The van der Waals surface area contributed by atoms with Crippen LogP contribution in [0.3, 0.4) is 0 Å². The summed E-state index contributed by atoms with van der Waals surface area (Å²) in [6.45, 7) is 1.32. The summed E-state index contributed by atoms with van der Waals surface area (Å²) in [4.78, 5) is 1.82. The Morgan fingerprint density at radius 2 is 2.05 bits per heavy atom. The second kappa shape index (κ2) is 6.20. The molecule has 0 radical (unpaired) electrons. The van der Waals surface area contributed by atoms with E-state index in [-0.39, 0.29) is 5.69 Å². The van der Waals surface area contributed by atoms with E-state index in [0.717, 1.165) is 25.3 Å². The molecule has 0 saturated carbocycles. The number of piperidine rings is 1. The molecule has 0 bridgehead atoms. The standard InChI is InChI=1S/C14H16ClF4N/c15-6-5-10-2-1-7-20(9-10)13-4-3-11(8-12(13)16)14(17,18)19/h3-4,8,10H,1-2,5-7,9H2. The van der Waals surface area contributed by atoms with Crippen molar-refractivity contribution in [3.63, 3.8) is 0 Å². The van der Waals surface area contributed by atoms with E-state index in [0.29, 0.717) is 31.0 Å². The van der Waals surface area contributed by atoms with Gasteiger partial charge in [0.15, 0.2) is 0 Å². The first-order valence-corrected chi connectivity index (χ1v) is 7.13. The van der Waals surface area contributed by atoms with E-state index in [1.54, 1.807) is 0 Å². The van der Waals surface area contributed by atoms with Gasteiger partial charge in [0.25, 0.3) is 0 Å². The van der Waals surface area contributed by atoms with Gasteiger partial charge in [0, 0.05) is 19.0 Å². The van der Waals surface area contributed by atoms with E-state index >= 15 is 0 Å². The molecular weight excluding hydrogens is 294 g/mol. The molecule has 1 aromatic rings. The first-order valence-electron chi connectivity index (χ1n) is 6.59. The summed E-state index contributed by atoms with van der Waals surface area (Å²) in [6, 6.07) is 2.73. The van der Waals surface area contributed by atoms with Crippen molar-refractivity contribution < 1.29 is 17.6 Å². The number of halogens is 5. The Morgan fingerprint density at radius 3 is 2.65 bits per heavy atom. The lowest BCUT2D eigenvalue weighted by Crippen LogP contribution is -2.36. The van der Waals surface area contributed by atoms with Crippen molar-refractivity contribution in [2.45, 2.75) is 25.4 Å². The molecular formula is C14H16ClF4N. The Labute approximate surface area is 120 Å². The maximum absolute atomic E-state index is 13.9. The maximum atomic E-state index is 13.9. The van der Waals surface area contributed by atoms with Gasteiger partial charge in [-0.25, -0.2) is 4.39 Å². The Balaban J connectivity index is 2.16. The van der Waals surface area contributed by atoms with E-state index in [1.807, 2.05) is 4.90 Å². The summed E-state index contributed by atoms with van der Waals surface area (Å²) in [6.07, 6.45) is -1.73. The highest BCUT2D eigenvalue weighted by Gasteiger charge is 2.32. The van der Waals surface area contributed by atoms with E-state index in [9.17, 15) is 17.6 Å². The fourth-order valence-corrected chi connectivity index (χ4v) is 2.92. The summed E-state index contributed by atoms with van der Waals surface area (Å²) in [5.74, 6) is 0.114. The minimum Gasteiger partial charge on any atom is -0.369 e. The topological polar surface area (TPSA) is 3.24 Å². The number of nitrogens with zero attached hydrogens (tertiary/aromatic N) is 1. The first kappa shape index (κ1) is 15.4. The second-order valence-corrected chi connectivity index (χ2v) is 5.47. The van der Waals surface area contributed by atoms with E-state index in [1.165, 1.54) is 6.07 Å². The van der Waals surface area contributed by atoms with E-state index in [4.69, 9.17) is 11.6 Å². The smallest absolute Gasteiger partial charge is 0.369 e. The highest BCUT2D eigenvalue weighted by molar-refractivity contribution is 6.17. The van der Waals surface area contributed by atoms with Crippen molar-refractivity contribution in [1.29, 1.82) is 0 Å². The van der Waals surface area contributed by atoms with Crippen LogP contribution in [0.4, 0.5) is 23.2 Å². The SMILES string of the molecule is Fc1cc(C(F)(F)F)ccc1N1CCCC(CCCl)C1. The molecule has 1 unspecified atom stereocenters. The third kappa shape index (κ3) is 3.57. The minimum absolute atomic E-state index is 0.247. The van der Waals surface area contributed by atoms with Gasteiger partial charge in [-0.3, -0.25) is 0 Å². The zero-order chi connectivity index (χ0) is 14.8. The number of alkyl halides is 4. The highest BCUT2D eigenvalue weighted by atomic mass is 35.5. The average Bonchev–Trinajstić information content (AvgIpc) is 2.38. The molecule has 112 valence electrons. The molecule has 1 atom stereocenters. The van der Waals surface area contributed by atoms with Crippen LogP contribution in [0.25, 0.3) is 0 Å². The third-order valence-electron chi connectivity index (χ3n) is 3.65. The van der Waals surface area contributed by atoms with Crippen LogP contribution in [0.2, 0.25) is 0 Å². The summed E-state index contributed by atoms with van der Waals surface area (Å²) in [5, 5.41) is 0. The zero-order valence-corrected chi connectivity index (χ0v) is 11.6. The van der Waals surface area contributed by atoms with Gasteiger partial charge < -0.3 is 4.90 Å². The Hall–Kier alpha value is -0.970. The van der Waals surface area contributed by atoms with Crippen LogP contribution in [-0.2, 0) is 6.18 Å². The maximum Gasteiger partial charge on any atom is 0.416 e. The number of hydrogen-bond acceptors (Lipinski definition) is 1. The van der Waals surface area contributed by atoms with E-state index < -0.39 is 17.6 Å². The molecule has 0 spiro atoms. The van der Waals surface area contributed by atoms with Crippen molar-refractivity contribution in [2.24, 2.45) is 5.92 Å². The molecule has 2 rings (SSSR count). The lowest BCUT2D eigenvalue weighted by molar-refractivity contribution is -0.137. The van der Waals surface area contributed by atoms with Crippen molar-refractivity contribution in [1.82, 2.24) is 0 Å². The van der Waals surface area contributed by atoms with Crippen LogP contribution in [0.5, 0.6) is 0 Å². The fraction of sp³-hybridized carbons (Fsp3) is 0.571. The largest absolute Gasteiger partial charge is 0.416 e. The average molecular weight is 310 g/mol. The van der Waals surface area contributed by atoms with Crippen LogP contribution >= 0.6 is 11.6 Å². The molecule has 1 fully saturated rings. The predicted molar refractivity (Wildman–Crippen MR) is 71.7 cm³/mol. The molecule has 0 aromatic heterocycles. The first-order chi connectivity index (χ1) is 9.41. The van der Waals surface area contributed by atoms with Gasteiger partial charge in [0.05, 0.1) is 11.3 Å². The zero-order valence-electron chi connectivity index (χ0n) is 10.9. The number of anilines is 1. The van der Waals surface area contributed by atoms with Crippen molar-refractivity contribution >= 4 is 17.3 Å². The molecule has 1 nitrogen and oxygen atoms in total. The van der Waals surface area contributed by atoms with Crippen LogP contribution < -0.4 is 4.90 Å². The lowest BCUT2D eigenvalue weighted by atomic mass is 9.95. The van der Waals surface area contributed by atoms with Crippen LogP contribution in [-0.4, -0.2) is 19.0 Å². The Bertz CT molecular complexity index is 459. The Morgan fingerprint density at radius 1 is 1.30 bits per heavy atom. The van der Waals surface area contributed by atoms with Crippen molar-refractivity contribution in [2.75, 3.05) is 23.9 Å². The summed E-state index contributed by atoms with van der Waals surface area (Å²) in [7, 11) is 0. The number of benzene rings is 1. The van der Waals surface area contributed by atoms with Crippen molar-refractivity contribution in [3.05, 3.63) is 29.6 Å². The van der Waals surface area contributed by atoms with E-state index in [2.05, 4.69) is 0 Å². The van der Waals surface area contributed by atoms with Gasteiger partial charge in [-0.05, 0) is 43.4 Å². The number of hydrogen-bond donors (Lipinski definition) is 0. The third-order valence-corrected chi connectivity index (χ3v) is 3.87.